The van der Waals surface area contributed by atoms with Gasteiger partial charge in [0.2, 0.25) is 0 Å². The summed E-state index contributed by atoms with van der Waals surface area (Å²) in [5.41, 5.74) is 1.67. The summed E-state index contributed by atoms with van der Waals surface area (Å²) >= 11 is 0. The number of hydrogen-bond acceptors (Lipinski definition) is 3. The molecule has 0 saturated carbocycles. The Balaban J connectivity index is 2.94. The van der Waals surface area contributed by atoms with Crippen molar-refractivity contribution in [2.24, 2.45) is 0 Å². The number of aliphatic hydroxyl groups is 1. The number of rotatable bonds is 8. The molecule has 1 rings (SSSR count). The second-order valence-electron chi connectivity index (χ2n) is 6.46. The minimum absolute atomic E-state index is 0.0301. The molecule has 3 nitrogen and oxygen atoms in total. The maximum atomic E-state index is 8.77. The normalized spacial score (nSPS) is 12.3. The van der Waals surface area contributed by atoms with E-state index in [1.807, 2.05) is 24.3 Å². The SMILES string of the molecule is CC(C)[Si](Oc1ccc(OCCO)cc1)(C(C)C)C(C)C. The van der Waals surface area contributed by atoms with Crippen LogP contribution in [0.5, 0.6) is 11.5 Å². The largest absolute Gasteiger partial charge is 0.543 e. The molecule has 0 radical (unpaired) electrons. The van der Waals surface area contributed by atoms with Gasteiger partial charge in [-0.05, 0) is 40.9 Å². The van der Waals surface area contributed by atoms with E-state index in [0.29, 0.717) is 23.2 Å². The fraction of sp³-hybridized carbons (Fsp3) is 0.647. The van der Waals surface area contributed by atoms with E-state index in [0.717, 1.165) is 11.5 Å². The monoisotopic (exact) mass is 310 g/mol. The zero-order valence-corrected chi connectivity index (χ0v) is 15.2. The van der Waals surface area contributed by atoms with Crippen LogP contribution in [0.3, 0.4) is 0 Å². The highest BCUT2D eigenvalue weighted by molar-refractivity contribution is 6.78. The van der Waals surface area contributed by atoms with E-state index in [4.69, 9.17) is 14.3 Å². The van der Waals surface area contributed by atoms with Gasteiger partial charge in [0.15, 0.2) is 0 Å². The molecule has 4 heteroatoms. The molecule has 1 aromatic rings. The van der Waals surface area contributed by atoms with Crippen LogP contribution in [0.2, 0.25) is 16.6 Å². The molecule has 0 amide bonds. The summed E-state index contributed by atoms with van der Waals surface area (Å²) in [6.45, 7) is 14.0. The zero-order chi connectivity index (χ0) is 16.0. The van der Waals surface area contributed by atoms with Crippen molar-refractivity contribution in [1.82, 2.24) is 0 Å². The molecule has 0 aliphatic rings. The van der Waals surface area contributed by atoms with Crippen LogP contribution in [0.15, 0.2) is 24.3 Å². The van der Waals surface area contributed by atoms with E-state index < -0.39 is 8.32 Å². The Morgan fingerprint density at radius 1 is 0.857 bits per heavy atom. The van der Waals surface area contributed by atoms with Crippen molar-refractivity contribution in [3.05, 3.63) is 24.3 Å². The van der Waals surface area contributed by atoms with Crippen LogP contribution in [0.4, 0.5) is 0 Å². The molecule has 0 heterocycles. The first-order valence-corrected chi connectivity index (χ1v) is 10.0. The summed E-state index contributed by atoms with van der Waals surface area (Å²) in [7, 11) is -1.89. The summed E-state index contributed by atoms with van der Waals surface area (Å²) in [5, 5.41) is 8.77. The van der Waals surface area contributed by atoms with E-state index in [9.17, 15) is 0 Å². The Labute approximate surface area is 130 Å². The molecule has 120 valence electrons. The van der Waals surface area contributed by atoms with Gasteiger partial charge in [-0.2, -0.15) is 0 Å². The lowest BCUT2D eigenvalue weighted by Gasteiger charge is -2.42. The van der Waals surface area contributed by atoms with Crippen LogP contribution in [0.1, 0.15) is 41.5 Å². The number of benzene rings is 1. The van der Waals surface area contributed by atoms with E-state index >= 15 is 0 Å². The third kappa shape index (κ3) is 4.24. The molecule has 0 aromatic heterocycles. The molecule has 0 saturated heterocycles. The third-order valence-corrected chi connectivity index (χ3v) is 10.2. The van der Waals surface area contributed by atoms with Gasteiger partial charge in [0, 0.05) is 0 Å². The van der Waals surface area contributed by atoms with E-state index in [1.54, 1.807) is 0 Å². The molecule has 0 spiro atoms. The molecular formula is C17H30O3Si. The Hall–Kier alpha value is -1.00. The maximum Gasteiger partial charge on any atom is 0.258 e. The van der Waals surface area contributed by atoms with Crippen molar-refractivity contribution in [1.29, 1.82) is 0 Å². The number of aliphatic hydroxyl groups excluding tert-OH is 1. The summed E-state index contributed by atoms with van der Waals surface area (Å²) in [6, 6.07) is 7.76. The quantitative estimate of drug-likeness (QED) is 0.712. The lowest BCUT2D eigenvalue weighted by atomic mass is 10.3. The molecule has 0 fully saturated rings. The van der Waals surface area contributed by atoms with Crippen molar-refractivity contribution >= 4 is 8.32 Å². The zero-order valence-electron chi connectivity index (χ0n) is 14.2. The van der Waals surface area contributed by atoms with Crippen molar-refractivity contribution in [2.45, 2.75) is 58.2 Å². The van der Waals surface area contributed by atoms with Gasteiger partial charge in [-0.3, -0.25) is 0 Å². The fourth-order valence-electron chi connectivity index (χ4n) is 3.33. The molecule has 0 aliphatic carbocycles. The molecule has 1 N–H and O–H groups in total. The second-order valence-corrected chi connectivity index (χ2v) is 11.8. The van der Waals surface area contributed by atoms with Crippen molar-refractivity contribution < 1.29 is 14.3 Å². The van der Waals surface area contributed by atoms with Crippen LogP contribution < -0.4 is 9.16 Å². The van der Waals surface area contributed by atoms with Gasteiger partial charge in [-0.15, -0.1) is 0 Å². The first-order chi connectivity index (χ1) is 9.84. The maximum absolute atomic E-state index is 8.77. The van der Waals surface area contributed by atoms with Gasteiger partial charge >= 0.3 is 0 Å². The molecule has 1 aromatic carbocycles. The standard InChI is InChI=1S/C17H30O3Si/c1-13(2)21(14(3)4,15(5)6)20-17-9-7-16(8-10-17)19-12-11-18/h7-10,13-15,18H,11-12H2,1-6H3. The molecule has 0 bridgehead atoms. The molecule has 21 heavy (non-hydrogen) atoms. The van der Waals surface area contributed by atoms with E-state index in [2.05, 4.69) is 41.5 Å². The van der Waals surface area contributed by atoms with Crippen LogP contribution in [0, 0.1) is 0 Å². The smallest absolute Gasteiger partial charge is 0.258 e. The van der Waals surface area contributed by atoms with Crippen molar-refractivity contribution in [2.75, 3.05) is 13.2 Å². The number of hydrogen-bond donors (Lipinski definition) is 1. The summed E-state index contributed by atoms with van der Waals surface area (Å²) < 4.78 is 12.0. The van der Waals surface area contributed by atoms with Gasteiger partial charge in [0.05, 0.1) is 6.61 Å². The highest BCUT2D eigenvalue weighted by Crippen LogP contribution is 2.42. The van der Waals surface area contributed by atoms with E-state index in [1.165, 1.54) is 0 Å². The highest BCUT2D eigenvalue weighted by atomic mass is 28.4. The Bertz CT molecular complexity index is 391. The first-order valence-electron chi connectivity index (χ1n) is 7.87. The Kier molecular flexibility index (Phi) is 6.75. The topological polar surface area (TPSA) is 38.7 Å². The van der Waals surface area contributed by atoms with Crippen LogP contribution >= 0.6 is 0 Å². The summed E-state index contributed by atoms with van der Waals surface area (Å²) in [5.74, 6) is 1.69. The van der Waals surface area contributed by atoms with Gasteiger partial charge in [0.1, 0.15) is 18.1 Å². The second kappa shape index (κ2) is 7.85. The predicted molar refractivity (Wildman–Crippen MR) is 90.7 cm³/mol. The Morgan fingerprint density at radius 2 is 1.29 bits per heavy atom. The summed E-state index contributed by atoms with van der Waals surface area (Å²) in [6.07, 6.45) is 0. The molecule has 0 atom stereocenters. The highest BCUT2D eigenvalue weighted by Gasteiger charge is 2.46. The van der Waals surface area contributed by atoms with Crippen LogP contribution in [-0.2, 0) is 0 Å². The average Bonchev–Trinajstić information content (AvgIpc) is 2.42. The van der Waals surface area contributed by atoms with Gasteiger partial charge in [-0.25, -0.2) is 0 Å². The van der Waals surface area contributed by atoms with Gasteiger partial charge < -0.3 is 14.3 Å². The minimum atomic E-state index is -1.89. The molecule has 0 aliphatic heterocycles. The minimum Gasteiger partial charge on any atom is -0.543 e. The first kappa shape index (κ1) is 18.0. The fourth-order valence-corrected chi connectivity index (χ4v) is 8.58. The number of ether oxygens (including phenoxy) is 1. The van der Waals surface area contributed by atoms with E-state index in [-0.39, 0.29) is 6.61 Å². The average molecular weight is 311 g/mol. The summed E-state index contributed by atoms with van der Waals surface area (Å²) in [4.78, 5) is 0. The third-order valence-electron chi connectivity index (χ3n) is 4.19. The molecular weight excluding hydrogens is 280 g/mol. The predicted octanol–water partition coefficient (Wildman–Crippen LogP) is 4.61. The van der Waals surface area contributed by atoms with Crippen LogP contribution in [-0.4, -0.2) is 26.6 Å². The lowest BCUT2D eigenvalue weighted by molar-refractivity contribution is 0.201. The van der Waals surface area contributed by atoms with Crippen molar-refractivity contribution in [3.63, 3.8) is 0 Å². The molecule has 0 unspecified atom stereocenters. The van der Waals surface area contributed by atoms with Gasteiger partial charge in [-0.1, -0.05) is 41.5 Å². The Morgan fingerprint density at radius 3 is 1.67 bits per heavy atom. The van der Waals surface area contributed by atoms with Crippen molar-refractivity contribution in [3.8, 4) is 11.5 Å². The lowest BCUT2D eigenvalue weighted by Crippen LogP contribution is -2.50. The van der Waals surface area contributed by atoms with Crippen LogP contribution in [0.25, 0.3) is 0 Å². The van der Waals surface area contributed by atoms with Gasteiger partial charge in [0.25, 0.3) is 8.32 Å².